The van der Waals surface area contributed by atoms with Crippen molar-refractivity contribution in [3.63, 3.8) is 0 Å². The fraction of sp³-hybridized carbons (Fsp3) is 0.881. The van der Waals surface area contributed by atoms with Gasteiger partial charge in [-0.05, 0) is 44.9 Å². The SMILES string of the molecule is CCCCCCCC/C=C/CCCCCCCCCCCCCC(=O)N[C@@H](CO)[C@H](O)/C=C\CCCCCCCCCCCCC. The monoisotopic (exact) mass is 648 g/mol. The minimum atomic E-state index is -0.835. The quantitative estimate of drug-likeness (QED) is 0.0464. The highest BCUT2D eigenvalue weighted by molar-refractivity contribution is 5.76. The zero-order valence-corrected chi connectivity index (χ0v) is 31.1. The number of carbonyl (C=O) groups excluding carboxylic acids is 1. The summed E-state index contributed by atoms with van der Waals surface area (Å²) in [6, 6.07) is -0.618. The van der Waals surface area contributed by atoms with Crippen LogP contribution in [0.3, 0.4) is 0 Å². The normalized spacial score (nSPS) is 13.2. The molecule has 46 heavy (non-hydrogen) atoms. The molecule has 2 atom stereocenters. The average Bonchev–Trinajstić information content (AvgIpc) is 3.06. The maximum Gasteiger partial charge on any atom is 0.220 e. The summed E-state index contributed by atoms with van der Waals surface area (Å²) in [5.41, 5.74) is 0. The molecule has 0 aliphatic rings. The van der Waals surface area contributed by atoms with Crippen LogP contribution in [0.2, 0.25) is 0 Å². The van der Waals surface area contributed by atoms with E-state index in [0.29, 0.717) is 6.42 Å². The second-order valence-electron chi connectivity index (χ2n) is 14.1. The molecule has 4 heteroatoms. The zero-order valence-electron chi connectivity index (χ0n) is 31.1. The topological polar surface area (TPSA) is 69.6 Å². The van der Waals surface area contributed by atoms with Gasteiger partial charge < -0.3 is 15.5 Å². The van der Waals surface area contributed by atoms with Crippen LogP contribution in [0.25, 0.3) is 0 Å². The molecule has 4 nitrogen and oxygen atoms in total. The molecule has 0 aromatic rings. The van der Waals surface area contributed by atoms with E-state index in [1.807, 2.05) is 6.08 Å². The predicted octanol–water partition coefficient (Wildman–Crippen LogP) is 12.5. The molecule has 0 fully saturated rings. The number of aliphatic hydroxyl groups is 2. The highest BCUT2D eigenvalue weighted by Gasteiger charge is 2.17. The molecule has 0 aliphatic carbocycles. The summed E-state index contributed by atoms with van der Waals surface area (Å²) in [6.07, 6.45) is 48.4. The number of allylic oxidation sites excluding steroid dienone is 3. The molecule has 0 aromatic heterocycles. The van der Waals surface area contributed by atoms with Crippen LogP contribution in [-0.2, 0) is 4.79 Å². The van der Waals surface area contributed by atoms with Crippen LogP contribution in [0.15, 0.2) is 24.3 Å². The van der Waals surface area contributed by atoms with E-state index in [0.717, 1.165) is 25.7 Å². The minimum absolute atomic E-state index is 0.0647. The van der Waals surface area contributed by atoms with Crippen LogP contribution in [0.5, 0.6) is 0 Å². The van der Waals surface area contributed by atoms with E-state index in [-0.39, 0.29) is 12.5 Å². The molecular weight excluding hydrogens is 566 g/mol. The van der Waals surface area contributed by atoms with Crippen molar-refractivity contribution >= 4 is 5.91 Å². The van der Waals surface area contributed by atoms with E-state index in [1.165, 1.54) is 173 Å². The lowest BCUT2D eigenvalue weighted by molar-refractivity contribution is -0.123. The molecule has 1 amide bonds. The summed E-state index contributed by atoms with van der Waals surface area (Å²) >= 11 is 0. The Bertz CT molecular complexity index is 661. The zero-order chi connectivity index (χ0) is 33.6. The van der Waals surface area contributed by atoms with Crippen molar-refractivity contribution in [1.29, 1.82) is 0 Å². The minimum Gasteiger partial charge on any atom is -0.394 e. The molecule has 0 spiro atoms. The first kappa shape index (κ1) is 44.9. The summed E-state index contributed by atoms with van der Waals surface area (Å²) in [6.45, 7) is 4.30. The van der Waals surface area contributed by atoms with E-state index in [1.54, 1.807) is 6.08 Å². The van der Waals surface area contributed by atoms with Gasteiger partial charge in [0.25, 0.3) is 0 Å². The van der Waals surface area contributed by atoms with Crippen LogP contribution < -0.4 is 5.32 Å². The van der Waals surface area contributed by atoms with Gasteiger partial charge in [0.2, 0.25) is 5.91 Å². The largest absolute Gasteiger partial charge is 0.394 e. The Labute approximate surface area is 288 Å². The number of hydrogen-bond donors (Lipinski definition) is 3. The molecule has 0 aliphatic heterocycles. The Morgan fingerprint density at radius 1 is 0.500 bits per heavy atom. The summed E-state index contributed by atoms with van der Waals surface area (Å²) in [4.78, 5) is 12.3. The lowest BCUT2D eigenvalue weighted by atomic mass is 10.0. The molecule has 0 bridgehead atoms. The van der Waals surface area contributed by atoms with Gasteiger partial charge in [-0.2, -0.15) is 0 Å². The van der Waals surface area contributed by atoms with E-state index in [4.69, 9.17) is 0 Å². The Morgan fingerprint density at radius 2 is 0.826 bits per heavy atom. The summed E-state index contributed by atoms with van der Waals surface area (Å²) in [5.74, 6) is -0.0647. The van der Waals surface area contributed by atoms with Crippen LogP contribution in [-0.4, -0.2) is 34.9 Å². The van der Waals surface area contributed by atoms with Crippen molar-refractivity contribution in [3.05, 3.63) is 24.3 Å². The lowest BCUT2D eigenvalue weighted by Crippen LogP contribution is -2.45. The van der Waals surface area contributed by atoms with Gasteiger partial charge >= 0.3 is 0 Å². The predicted molar refractivity (Wildman–Crippen MR) is 202 cm³/mol. The first-order valence-electron chi connectivity index (χ1n) is 20.6. The molecule has 0 saturated heterocycles. The molecule has 0 unspecified atom stereocenters. The molecule has 0 heterocycles. The molecule has 3 N–H and O–H groups in total. The highest BCUT2D eigenvalue weighted by atomic mass is 16.3. The standard InChI is InChI=1S/C42H81NO3/c1-3-5-7-9-11-13-15-17-18-19-20-21-22-23-24-26-28-30-32-34-36-38-42(46)43-40(39-44)41(45)37-35-33-31-29-27-25-16-14-12-10-8-6-4-2/h17-18,35,37,40-41,44-45H,3-16,19-34,36,38-39H2,1-2H3,(H,43,46)/b18-17+,37-35-/t40-,41+/m0/s1. The number of unbranched alkanes of at least 4 members (excludes halogenated alkanes) is 28. The molecular formula is C42H81NO3. The van der Waals surface area contributed by atoms with Crippen molar-refractivity contribution in [2.75, 3.05) is 6.61 Å². The van der Waals surface area contributed by atoms with E-state index >= 15 is 0 Å². The average molecular weight is 648 g/mol. The third-order valence-corrected chi connectivity index (χ3v) is 9.43. The Kier molecular flexibility index (Phi) is 37.4. The van der Waals surface area contributed by atoms with Gasteiger partial charge in [0.1, 0.15) is 0 Å². The van der Waals surface area contributed by atoms with Gasteiger partial charge in [0.05, 0.1) is 18.8 Å². The third kappa shape index (κ3) is 34.2. The van der Waals surface area contributed by atoms with Crippen molar-refractivity contribution in [1.82, 2.24) is 5.32 Å². The number of aliphatic hydroxyl groups excluding tert-OH is 2. The van der Waals surface area contributed by atoms with Gasteiger partial charge in [0.15, 0.2) is 0 Å². The maximum atomic E-state index is 12.3. The van der Waals surface area contributed by atoms with Gasteiger partial charge in [-0.3, -0.25) is 4.79 Å². The smallest absolute Gasteiger partial charge is 0.220 e. The summed E-state index contributed by atoms with van der Waals surface area (Å²) in [5, 5.41) is 22.9. The fourth-order valence-corrected chi connectivity index (χ4v) is 6.23. The number of rotatable bonds is 37. The van der Waals surface area contributed by atoms with Crippen LogP contribution >= 0.6 is 0 Å². The van der Waals surface area contributed by atoms with Crippen LogP contribution in [0.1, 0.15) is 219 Å². The molecule has 0 saturated carbocycles. The molecule has 272 valence electrons. The first-order chi connectivity index (χ1) is 22.7. The Morgan fingerprint density at radius 3 is 1.20 bits per heavy atom. The van der Waals surface area contributed by atoms with Crippen molar-refractivity contribution < 1.29 is 15.0 Å². The summed E-state index contributed by atoms with van der Waals surface area (Å²) < 4.78 is 0. The Hall–Kier alpha value is -1.13. The number of amides is 1. The number of hydrogen-bond acceptors (Lipinski definition) is 3. The molecule has 0 radical (unpaired) electrons. The lowest BCUT2D eigenvalue weighted by Gasteiger charge is -2.20. The van der Waals surface area contributed by atoms with E-state index in [9.17, 15) is 15.0 Å². The van der Waals surface area contributed by atoms with Gasteiger partial charge in [-0.25, -0.2) is 0 Å². The van der Waals surface area contributed by atoms with Crippen LogP contribution in [0.4, 0.5) is 0 Å². The highest BCUT2D eigenvalue weighted by Crippen LogP contribution is 2.14. The second kappa shape index (κ2) is 38.3. The maximum absolute atomic E-state index is 12.3. The number of carbonyl (C=O) groups is 1. The van der Waals surface area contributed by atoms with E-state index < -0.39 is 12.1 Å². The van der Waals surface area contributed by atoms with Crippen LogP contribution in [0, 0.1) is 0 Å². The van der Waals surface area contributed by atoms with E-state index in [2.05, 4.69) is 31.3 Å². The summed E-state index contributed by atoms with van der Waals surface area (Å²) in [7, 11) is 0. The number of nitrogens with one attached hydrogen (secondary N) is 1. The van der Waals surface area contributed by atoms with Crippen molar-refractivity contribution in [3.8, 4) is 0 Å². The molecule has 0 aromatic carbocycles. The van der Waals surface area contributed by atoms with Crippen molar-refractivity contribution in [2.45, 2.75) is 231 Å². The second-order valence-corrected chi connectivity index (χ2v) is 14.1. The first-order valence-corrected chi connectivity index (χ1v) is 20.6. The molecule has 0 rings (SSSR count). The fourth-order valence-electron chi connectivity index (χ4n) is 6.23. The Balaban J connectivity index is 3.55. The van der Waals surface area contributed by atoms with Gasteiger partial charge in [-0.1, -0.05) is 192 Å². The van der Waals surface area contributed by atoms with Gasteiger partial charge in [-0.15, -0.1) is 0 Å². The van der Waals surface area contributed by atoms with Gasteiger partial charge in [0, 0.05) is 6.42 Å². The third-order valence-electron chi connectivity index (χ3n) is 9.43. The van der Waals surface area contributed by atoms with Crippen molar-refractivity contribution in [2.24, 2.45) is 0 Å².